The molecule has 34 heavy (non-hydrogen) atoms. The molecule has 0 fully saturated rings. The predicted octanol–water partition coefficient (Wildman–Crippen LogP) is 5.07. The molecule has 2 aromatic carbocycles. The topological polar surface area (TPSA) is 76.5 Å². The maximum absolute atomic E-state index is 15.0. The molecule has 1 aliphatic heterocycles. The van der Waals surface area contributed by atoms with Gasteiger partial charge in [-0.1, -0.05) is 6.07 Å². The Morgan fingerprint density at radius 3 is 2.79 bits per heavy atom. The number of hydrogen-bond donors (Lipinski definition) is 1. The lowest BCUT2D eigenvalue weighted by molar-refractivity contribution is -0.137. The van der Waals surface area contributed by atoms with Gasteiger partial charge in [0.05, 0.1) is 40.7 Å². The number of nitrogens with zero attached hydrogens (tertiary/aromatic N) is 4. The van der Waals surface area contributed by atoms with Crippen molar-refractivity contribution in [2.75, 3.05) is 18.5 Å². The first-order valence-corrected chi connectivity index (χ1v) is 11.6. The lowest BCUT2D eigenvalue weighted by Crippen LogP contribution is -2.32. The van der Waals surface area contributed by atoms with Gasteiger partial charge in [-0.05, 0) is 41.5 Å². The molecular formula is C23H19F4N5OS. The number of alkyl halides is 3. The highest BCUT2D eigenvalue weighted by Crippen LogP contribution is 2.38. The number of benzene rings is 2. The molecule has 0 spiro atoms. The number of nitrogens with two attached hydrogens (primary N) is 1. The zero-order valence-corrected chi connectivity index (χ0v) is 18.8. The Hall–Kier alpha value is -3.34. The van der Waals surface area contributed by atoms with Crippen LogP contribution in [0.1, 0.15) is 39.5 Å². The van der Waals surface area contributed by atoms with Gasteiger partial charge in [0.2, 0.25) is 0 Å². The molecule has 11 heteroatoms. The minimum absolute atomic E-state index is 0.165. The first-order chi connectivity index (χ1) is 16.1. The van der Waals surface area contributed by atoms with Crippen LogP contribution in [0.5, 0.6) is 0 Å². The summed E-state index contributed by atoms with van der Waals surface area (Å²) < 4.78 is 56.3. The van der Waals surface area contributed by atoms with Gasteiger partial charge in [-0.2, -0.15) is 24.9 Å². The van der Waals surface area contributed by atoms with Crippen molar-refractivity contribution in [2.45, 2.75) is 24.4 Å². The van der Waals surface area contributed by atoms with Crippen molar-refractivity contribution >= 4 is 40.0 Å². The van der Waals surface area contributed by atoms with Gasteiger partial charge in [-0.25, -0.2) is 14.4 Å². The van der Waals surface area contributed by atoms with Gasteiger partial charge in [-0.15, -0.1) is 0 Å². The zero-order valence-electron chi connectivity index (χ0n) is 17.9. The van der Waals surface area contributed by atoms with Gasteiger partial charge in [0.25, 0.3) is 5.91 Å². The Labute approximate surface area is 195 Å². The van der Waals surface area contributed by atoms with Crippen molar-refractivity contribution in [2.24, 2.45) is 0 Å². The number of rotatable bonds is 2. The van der Waals surface area contributed by atoms with Crippen LogP contribution in [0.25, 0.3) is 16.6 Å². The quantitative estimate of drug-likeness (QED) is 0.398. The standard InChI is InChI=1S/C23H19F4N5OS/c1-31(18-4-5-34-10-12-6-13(23(25,26)27)2-3-14(12)18)22(33)15-7-19-17(8-16(15)24)30-21(28)20-9-29-11-32(19)20/h2-3,6-9,11,18H,4-5,10H2,1H3,(H2,28,30)/t18-/m1/s1. The SMILES string of the molecule is CN(C(=O)c1cc2c(cc1F)nc(N)c1cncn12)[C@@H]1CCSCc2cc(C(F)(F)F)ccc21. The average Bonchev–Trinajstić information content (AvgIpc) is 3.19. The number of imidazole rings is 1. The van der Waals surface area contributed by atoms with Crippen LogP contribution < -0.4 is 5.73 Å². The van der Waals surface area contributed by atoms with E-state index in [1.165, 1.54) is 41.3 Å². The third-order valence-electron chi connectivity index (χ3n) is 6.11. The number of amides is 1. The van der Waals surface area contributed by atoms with E-state index in [2.05, 4.69) is 9.97 Å². The third kappa shape index (κ3) is 3.73. The zero-order chi connectivity index (χ0) is 24.2. The first kappa shape index (κ1) is 22.5. The van der Waals surface area contributed by atoms with Gasteiger partial charge in [0.1, 0.15) is 17.2 Å². The van der Waals surface area contributed by atoms with Gasteiger partial charge < -0.3 is 10.6 Å². The molecule has 1 aliphatic rings. The van der Waals surface area contributed by atoms with E-state index in [9.17, 15) is 18.0 Å². The van der Waals surface area contributed by atoms with Crippen molar-refractivity contribution < 1.29 is 22.4 Å². The van der Waals surface area contributed by atoms with E-state index in [1.54, 1.807) is 11.4 Å². The van der Waals surface area contributed by atoms with Crippen molar-refractivity contribution in [3.63, 3.8) is 0 Å². The number of carbonyl (C=O) groups excluding carboxylic acids is 1. The average molecular weight is 489 g/mol. The normalized spacial score (nSPS) is 16.4. The summed E-state index contributed by atoms with van der Waals surface area (Å²) in [5.41, 5.74) is 7.46. The van der Waals surface area contributed by atoms with E-state index in [0.717, 1.165) is 18.2 Å². The van der Waals surface area contributed by atoms with Crippen LogP contribution in [-0.4, -0.2) is 38.0 Å². The Kier molecular flexibility index (Phi) is 5.38. The molecule has 6 nitrogen and oxygen atoms in total. The van der Waals surface area contributed by atoms with Crippen LogP contribution >= 0.6 is 11.8 Å². The van der Waals surface area contributed by atoms with E-state index >= 15 is 4.39 Å². The molecule has 176 valence electrons. The van der Waals surface area contributed by atoms with Crippen LogP contribution in [0.3, 0.4) is 0 Å². The lowest BCUT2D eigenvalue weighted by atomic mass is 9.95. The highest BCUT2D eigenvalue weighted by atomic mass is 32.2. The molecule has 0 unspecified atom stereocenters. The minimum Gasteiger partial charge on any atom is -0.382 e. The summed E-state index contributed by atoms with van der Waals surface area (Å²) in [6.45, 7) is 0. The second-order valence-corrected chi connectivity index (χ2v) is 9.26. The van der Waals surface area contributed by atoms with E-state index < -0.39 is 29.5 Å². The Morgan fingerprint density at radius 1 is 1.24 bits per heavy atom. The molecule has 0 radical (unpaired) electrons. The summed E-state index contributed by atoms with van der Waals surface area (Å²) >= 11 is 1.51. The number of carbonyl (C=O) groups is 1. The molecule has 0 aliphatic carbocycles. The van der Waals surface area contributed by atoms with Gasteiger partial charge in [0, 0.05) is 18.9 Å². The molecule has 1 amide bonds. The van der Waals surface area contributed by atoms with Gasteiger partial charge in [0.15, 0.2) is 0 Å². The Bertz CT molecular complexity index is 1430. The largest absolute Gasteiger partial charge is 0.416 e. The second-order valence-electron chi connectivity index (χ2n) is 8.15. The molecule has 3 heterocycles. The Morgan fingerprint density at radius 2 is 2.03 bits per heavy atom. The molecule has 0 bridgehead atoms. The lowest BCUT2D eigenvalue weighted by Gasteiger charge is -2.29. The van der Waals surface area contributed by atoms with Crippen LogP contribution in [-0.2, 0) is 11.9 Å². The second kappa shape index (κ2) is 8.15. The molecule has 0 saturated heterocycles. The molecule has 2 N–H and O–H groups in total. The smallest absolute Gasteiger partial charge is 0.382 e. The molecular weight excluding hydrogens is 470 g/mol. The summed E-state index contributed by atoms with van der Waals surface area (Å²) in [5, 5.41) is 0. The van der Waals surface area contributed by atoms with Crippen molar-refractivity contribution in [3.05, 3.63) is 70.9 Å². The van der Waals surface area contributed by atoms with E-state index in [4.69, 9.17) is 5.73 Å². The van der Waals surface area contributed by atoms with E-state index in [-0.39, 0.29) is 16.9 Å². The molecule has 5 rings (SSSR count). The number of hydrogen-bond acceptors (Lipinski definition) is 5. The monoisotopic (exact) mass is 489 g/mol. The third-order valence-corrected chi connectivity index (χ3v) is 7.15. The predicted molar refractivity (Wildman–Crippen MR) is 122 cm³/mol. The fourth-order valence-electron chi connectivity index (χ4n) is 4.36. The molecule has 2 aromatic heterocycles. The van der Waals surface area contributed by atoms with Crippen LogP contribution in [0.4, 0.5) is 23.4 Å². The van der Waals surface area contributed by atoms with Crippen LogP contribution in [0, 0.1) is 5.82 Å². The van der Waals surface area contributed by atoms with Crippen molar-refractivity contribution in [1.29, 1.82) is 0 Å². The summed E-state index contributed by atoms with van der Waals surface area (Å²) in [6.07, 6.45) is -0.894. The van der Waals surface area contributed by atoms with Crippen LogP contribution in [0.2, 0.25) is 0 Å². The number of fused-ring (bicyclic) bond motifs is 4. The number of thioether (sulfide) groups is 1. The van der Waals surface area contributed by atoms with Crippen LogP contribution in [0.15, 0.2) is 42.9 Å². The van der Waals surface area contributed by atoms with Gasteiger partial charge in [-0.3, -0.25) is 9.20 Å². The van der Waals surface area contributed by atoms with E-state index in [1.807, 2.05) is 0 Å². The Balaban J connectivity index is 1.56. The summed E-state index contributed by atoms with van der Waals surface area (Å²) in [5.74, 6) is -0.0875. The van der Waals surface area contributed by atoms with Crippen molar-refractivity contribution in [1.82, 2.24) is 19.3 Å². The van der Waals surface area contributed by atoms with Gasteiger partial charge >= 0.3 is 6.18 Å². The number of anilines is 1. The highest BCUT2D eigenvalue weighted by Gasteiger charge is 2.33. The van der Waals surface area contributed by atoms with E-state index in [0.29, 0.717) is 40.1 Å². The number of nitrogen functional groups attached to an aromatic ring is 1. The van der Waals surface area contributed by atoms with Crippen molar-refractivity contribution in [3.8, 4) is 0 Å². The fourth-order valence-corrected chi connectivity index (χ4v) is 5.36. The summed E-state index contributed by atoms with van der Waals surface area (Å²) in [6, 6.07) is 5.66. The molecule has 1 atom stereocenters. The minimum atomic E-state index is -4.45. The number of aromatic nitrogens is 3. The fraction of sp³-hybridized carbons (Fsp3) is 0.261. The maximum Gasteiger partial charge on any atom is 0.416 e. The summed E-state index contributed by atoms with van der Waals surface area (Å²) in [7, 11) is 1.54. The molecule has 0 saturated carbocycles. The highest BCUT2D eigenvalue weighted by molar-refractivity contribution is 7.98. The maximum atomic E-state index is 15.0. The summed E-state index contributed by atoms with van der Waals surface area (Å²) in [4.78, 5) is 23.1. The first-order valence-electron chi connectivity index (χ1n) is 10.4. The molecule has 4 aromatic rings. The number of halogens is 4.